The molecule has 9 heteroatoms. The number of imidazole rings is 1. The zero-order chi connectivity index (χ0) is 20.9. The maximum Gasteiger partial charge on any atom is 0.262 e. The molecule has 1 saturated heterocycles. The third kappa shape index (κ3) is 3.62. The van der Waals surface area contributed by atoms with Crippen molar-refractivity contribution in [3.05, 3.63) is 29.6 Å². The van der Waals surface area contributed by atoms with E-state index in [0.29, 0.717) is 12.4 Å². The van der Waals surface area contributed by atoms with Crippen molar-refractivity contribution >= 4 is 15.8 Å². The van der Waals surface area contributed by atoms with Gasteiger partial charge in [-0.3, -0.25) is 0 Å². The molecule has 5 rings (SSSR count). The van der Waals surface area contributed by atoms with E-state index in [1.807, 2.05) is 6.92 Å². The zero-order valence-electron chi connectivity index (χ0n) is 17.8. The Morgan fingerprint density at radius 3 is 2.67 bits per heavy atom. The Labute approximate surface area is 178 Å². The number of aromatic nitrogens is 4. The van der Waals surface area contributed by atoms with Crippen LogP contribution >= 0.6 is 0 Å². The molecule has 2 aliphatic heterocycles. The van der Waals surface area contributed by atoms with E-state index in [9.17, 15) is 8.42 Å². The van der Waals surface area contributed by atoms with Crippen LogP contribution in [0, 0.1) is 12.8 Å². The van der Waals surface area contributed by atoms with Crippen LogP contribution in [0.5, 0.6) is 0 Å². The Morgan fingerprint density at radius 1 is 1.10 bits per heavy atom. The Hall–Kier alpha value is -2.00. The highest BCUT2D eigenvalue weighted by atomic mass is 32.2. The summed E-state index contributed by atoms with van der Waals surface area (Å²) < 4.78 is 30.0. The van der Waals surface area contributed by atoms with Crippen LogP contribution in [-0.2, 0) is 23.5 Å². The Kier molecular flexibility index (Phi) is 5.05. The predicted molar refractivity (Wildman–Crippen MR) is 114 cm³/mol. The van der Waals surface area contributed by atoms with Crippen molar-refractivity contribution in [3.8, 4) is 0 Å². The summed E-state index contributed by atoms with van der Waals surface area (Å²) in [5, 5.41) is 0.0990. The van der Waals surface area contributed by atoms with Crippen LogP contribution in [0.15, 0.2) is 17.6 Å². The van der Waals surface area contributed by atoms with Crippen molar-refractivity contribution in [2.24, 2.45) is 13.0 Å². The maximum absolute atomic E-state index is 13.4. The molecular formula is C21H30N6O2S. The smallest absolute Gasteiger partial charge is 0.262 e. The number of sulfonamides is 1. The molecule has 2 fully saturated rings. The number of hydrogen-bond donors (Lipinski definition) is 0. The van der Waals surface area contributed by atoms with Gasteiger partial charge in [0.05, 0.1) is 12.4 Å². The number of piperidine rings is 1. The first kappa shape index (κ1) is 19.9. The van der Waals surface area contributed by atoms with Gasteiger partial charge in [0.25, 0.3) is 10.0 Å². The summed E-state index contributed by atoms with van der Waals surface area (Å²) in [4.78, 5) is 16.4. The molecule has 8 nitrogen and oxygen atoms in total. The van der Waals surface area contributed by atoms with Gasteiger partial charge in [-0.1, -0.05) is 6.42 Å². The van der Waals surface area contributed by atoms with E-state index in [1.54, 1.807) is 22.1 Å². The lowest BCUT2D eigenvalue weighted by Crippen LogP contribution is -2.40. The fourth-order valence-electron chi connectivity index (χ4n) is 4.74. The summed E-state index contributed by atoms with van der Waals surface area (Å²) in [6.07, 6.45) is 10.4. The highest BCUT2D eigenvalue weighted by Gasteiger charge is 2.38. The van der Waals surface area contributed by atoms with E-state index in [2.05, 4.69) is 9.88 Å². The summed E-state index contributed by atoms with van der Waals surface area (Å²) in [5.41, 5.74) is 2.23. The minimum Gasteiger partial charge on any atom is -0.356 e. The second-order valence-electron chi connectivity index (χ2n) is 8.97. The number of fused-ring (bicyclic) bond motifs is 1. The zero-order valence-corrected chi connectivity index (χ0v) is 18.6. The standard InChI is InChI=1S/C21H30N6O2S/c1-15-17-6-5-10-26(12-16-8-9-16)21(17)24-20(23-15)18-7-3-4-11-27(18)30(28,29)19-13-25(2)14-22-19/h13-14,16,18H,3-12H2,1-2H3/t18-/m0/s1. The SMILES string of the molecule is Cc1nc([C@@H]2CCCCN2S(=O)(=O)c2cn(C)cn2)nc2c1CCCN2CC1CC1. The summed E-state index contributed by atoms with van der Waals surface area (Å²) >= 11 is 0. The lowest BCUT2D eigenvalue weighted by Gasteiger charge is -2.35. The van der Waals surface area contributed by atoms with E-state index in [-0.39, 0.29) is 11.1 Å². The minimum absolute atomic E-state index is 0.0990. The molecule has 1 atom stereocenters. The van der Waals surface area contributed by atoms with Crippen molar-refractivity contribution in [3.63, 3.8) is 0 Å². The number of rotatable bonds is 5. The van der Waals surface area contributed by atoms with Gasteiger partial charge in [-0.15, -0.1) is 0 Å². The monoisotopic (exact) mass is 430 g/mol. The molecule has 0 unspecified atom stereocenters. The number of anilines is 1. The first-order valence-electron chi connectivity index (χ1n) is 11.1. The van der Waals surface area contributed by atoms with E-state index in [1.165, 1.54) is 24.7 Å². The van der Waals surface area contributed by atoms with Gasteiger partial charge in [0.15, 0.2) is 5.03 Å². The van der Waals surface area contributed by atoms with E-state index in [4.69, 9.17) is 9.97 Å². The molecule has 3 aliphatic rings. The third-order valence-electron chi connectivity index (χ3n) is 6.55. The third-order valence-corrected chi connectivity index (χ3v) is 8.34. The average molecular weight is 431 g/mol. The summed E-state index contributed by atoms with van der Waals surface area (Å²) in [5.74, 6) is 2.47. The van der Waals surface area contributed by atoms with Crippen molar-refractivity contribution in [2.75, 3.05) is 24.5 Å². The molecule has 30 heavy (non-hydrogen) atoms. The largest absolute Gasteiger partial charge is 0.356 e. The molecule has 0 spiro atoms. The molecular weight excluding hydrogens is 400 g/mol. The second-order valence-corrected chi connectivity index (χ2v) is 10.8. The normalized spacial score (nSPS) is 22.9. The van der Waals surface area contributed by atoms with Crippen molar-refractivity contribution < 1.29 is 8.42 Å². The first-order valence-corrected chi connectivity index (χ1v) is 12.5. The lowest BCUT2D eigenvalue weighted by molar-refractivity contribution is 0.245. The van der Waals surface area contributed by atoms with Gasteiger partial charge in [0.1, 0.15) is 11.6 Å². The van der Waals surface area contributed by atoms with Gasteiger partial charge < -0.3 is 9.47 Å². The fourth-order valence-corrected chi connectivity index (χ4v) is 6.37. The summed E-state index contributed by atoms with van der Waals surface area (Å²) in [6, 6.07) is -0.334. The fraction of sp³-hybridized carbons (Fsp3) is 0.667. The van der Waals surface area contributed by atoms with Gasteiger partial charge in [-0.25, -0.2) is 23.4 Å². The molecule has 162 valence electrons. The van der Waals surface area contributed by atoms with E-state index in [0.717, 1.165) is 62.6 Å². The number of nitrogens with zero attached hydrogens (tertiary/aromatic N) is 6. The van der Waals surface area contributed by atoms with Gasteiger partial charge in [0.2, 0.25) is 0 Å². The highest BCUT2D eigenvalue weighted by molar-refractivity contribution is 7.89. The molecule has 1 saturated carbocycles. The quantitative estimate of drug-likeness (QED) is 0.725. The molecule has 2 aromatic heterocycles. The first-order chi connectivity index (χ1) is 14.4. The van der Waals surface area contributed by atoms with Gasteiger partial charge in [-0.2, -0.15) is 4.31 Å². The molecule has 0 amide bonds. The van der Waals surface area contributed by atoms with Crippen LogP contribution in [0.1, 0.15) is 61.6 Å². The Bertz CT molecular complexity index is 1050. The van der Waals surface area contributed by atoms with Crippen LogP contribution in [0.2, 0.25) is 0 Å². The molecule has 4 heterocycles. The van der Waals surface area contributed by atoms with Crippen LogP contribution in [0.4, 0.5) is 5.82 Å². The van der Waals surface area contributed by atoms with Crippen LogP contribution in [0.25, 0.3) is 0 Å². The van der Waals surface area contributed by atoms with Crippen molar-refractivity contribution in [2.45, 2.75) is 62.9 Å². The average Bonchev–Trinajstić information content (AvgIpc) is 3.44. The van der Waals surface area contributed by atoms with Gasteiger partial charge in [0, 0.05) is 44.1 Å². The summed E-state index contributed by atoms with van der Waals surface area (Å²) in [6.45, 7) is 4.61. The molecule has 2 aromatic rings. The van der Waals surface area contributed by atoms with E-state index >= 15 is 0 Å². The topological polar surface area (TPSA) is 84.2 Å². The van der Waals surface area contributed by atoms with Gasteiger partial charge in [-0.05, 0) is 51.4 Å². The highest BCUT2D eigenvalue weighted by Crippen LogP contribution is 2.38. The van der Waals surface area contributed by atoms with Gasteiger partial charge >= 0.3 is 0 Å². The summed E-state index contributed by atoms with van der Waals surface area (Å²) in [7, 11) is -1.91. The Balaban J connectivity index is 1.52. The second kappa shape index (κ2) is 7.60. The predicted octanol–water partition coefficient (Wildman–Crippen LogP) is 2.60. The molecule has 0 radical (unpaired) electrons. The Morgan fingerprint density at radius 2 is 1.93 bits per heavy atom. The molecule has 0 N–H and O–H groups in total. The van der Waals surface area contributed by atoms with Crippen molar-refractivity contribution in [1.29, 1.82) is 0 Å². The van der Waals surface area contributed by atoms with E-state index < -0.39 is 10.0 Å². The minimum atomic E-state index is -3.69. The van der Waals surface area contributed by atoms with Crippen LogP contribution < -0.4 is 4.90 Å². The molecule has 0 aromatic carbocycles. The molecule has 0 bridgehead atoms. The maximum atomic E-state index is 13.4. The molecule has 1 aliphatic carbocycles. The number of hydrogen-bond acceptors (Lipinski definition) is 6. The lowest BCUT2D eigenvalue weighted by atomic mass is 10.0. The number of aryl methyl sites for hydroxylation is 2. The van der Waals surface area contributed by atoms with Crippen LogP contribution in [-0.4, -0.2) is 51.9 Å². The van der Waals surface area contributed by atoms with Crippen molar-refractivity contribution in [1.82, 2.24) is 23.8 Å². The van der Waals surface area contributed by atoms with Crippen LogP contribution in [0.3, 0.4) is 0 Å².